The van der Waals surface area contributed by atoms with E-state index in [1.165, 1.54) is 4.88 Å². The van der Waals surface area contributed by atoms with Gasteiger partial charge in [0, 0.05) is 18.5 Å². The molecule has 1 N–H and O–H groups in total. The smallest absolute Gasteiger partial charge is 0.138 e. The molecule has 6 heteroatoms. The van der Waals surface area contributed by atoms with Crippen molar-refractivity contribution in [3.8, 4) is 0 Å². The summed E-state index contributed by atoms with van der Waals surface area (Å²) in [6.45, 7) is 4.68. The number of rotatable bonds is 7. The topological polar surface area (TPSA) is 56.3 Å². The number of hydrogen-bond acceptors (Lipinski definition) is 6. The molecule has 0 bridgehead atoms. The Labute approximate surface area is 110 Å². The molecule has 2 aromatic heterocycles. The second kappa shape index (κ2) is 6.63. The summed E-state index contributed by atoms with van der Waals surface area (Å²) < 4.78 is 10.3. The zero-order chi connectivity index (χ0) is 12.8. The Morgan fingerprint density at radius 1 is 1.28 bits per heavy atom. The van der Waals surface area contributed by atoms with Gasteiger partial charge in [0.05, 0.1) is 25.2 Å². The standard InChI is InChI=1S/C12H17N3O2S/c1-9-7-10-11(14-8-15-12(10)18-9)13-3-4-17-6-5-16-2/h7-8H,3-6H2,1-2H3,(H,13,14,15). The van der Waals surface area contributed by atoms with Crippen LogP contribution in [0.4, 0.5) is 5.82 Å². The summed E-state index contributed by atoms with van der Waals surface area (Å²) in [7, 11) is 1.66. The normalized spacial score (nSPS) is 11.0. The maximum atomic E-state index is 5.38. The molecule has 0 aliphatic heterocycles. The first-order chi connectivity index (χ1) is 8.81. The van der Waals surface area contributed by atoms with Crippen LogP contribution in [-0.2, 0) is 9.47 Å². The number of ether oxygens (including phenoxy) is 2. The molecular formula is C12H17N3O2S. The first kappa shape index (κ1) is 13.2. The molecule has 0 fully saturated rings. The number of hydrogen-bond donors (Lipinski definition) is 1. The van der Waals surface area contributed by atoms with Crippen LogP contribution >= 0.6 is 11.3 Å². The van der Waals surface area contributed by atoms with E-state index in [0.717, 1.165) is 22.6 Å². The second-order valence-electron chi connectivity index (χ2n) is 3.83. The van der Waals surface area contributed by atoms with Crippen molar-refractivity contribution in [1.29, 1.82) is 0 Å². The van der Waals surface area contributed by atoms with E-state index in [0.29, 0.717) is 19.8 Å². The van der Waals surface area contributed by atoms with Gasteiger partial charge in [-0.05, 0) is 13.0 Å². The van der Waals surface area contributed by atoms with Crippen LogP contribution in [0.2, 0.25) is 0 Å². The summed E-state index contributed by atoms with van der Waals surface area (Å²) in [6.07, 6.45) is 1.59. The van der Waals surface area contributed by atoms with Crippen LogP contribution in [0.25, 0.3) is 10.2 Å². The van der Waals surface area contributed by atoms with Gasteiger partial charge >= 0.3 is 0 Å². The molecule has 0 atom stereocenters. The van der Waals surface area contributed by atoms with Gasteiger partial charge in [-0.15, -0.1) is 11.3 Å². The van der Waals surface area contributed by atoms with Gasteiger partial charge in [0.25, 0.3) is 0 Å². The van der Waals surface area contributed by atoms with E-state index in [-0.39, 0.29) is 0 Å². The van der Waals surface area contributed by atoms with Crippen molar-refractivity contribution in [2.45, 2.75) is 6.92 Å². The van der Waals surface area contributed by atoms with Crippen LogP contribution in [0.3, 0.4) is 0 Å². The predicted molar refractivity (Wildman–Crippen MR) is 73.3 cm³/mol. The van der Waals surface area contributed by atoms with Crippen molar-refractivity contribution < 1.29 is 9.47 Å². The molecule has 0 saturated carbocycles. The summed E-state index contributed by atoms with van der Waals surface area (Å²) in [5.74, 6) is 0.875. The quantitative estimate of drug-likeness (QED) is 0.778. The lowest BCUT2D eigenvalue weighted by atomic mass is 10.3. The maximum absolute atomic E-state index is 5.38. The molecular weight excluding hydrogens is 250 g/mol. The third-order valence-corrected chi connectivity index (χ3v) is 3.38. The van der Waals surface area contributed by atoms with Gasteiger partial charge in [0.1, 0.15) is 17.0 Å². The van der Waals surface area contributed by atoms with Crippen molar-refractivity contribution in [2.75, 3.05) is 38.8 Å². The highest BCUT2D eigenvalue weighted by molar-refractivity contribution is 7.18. The first-order valence-electron chi connectivity index (χ1n) is 5.83. The van der Waals surface area contributed by atoms with Crippen LogP contribution in [0, 0.1) is 6.92 Å². The lowest BCUT2D eigenvalue weighted by Crippen LogP contribution is -2.12. The average Bonchev–Trinajstić information content (AvgIpc) is 2.74. The van der Waals surface area contributed by atoms with E-state index in [4.69, 9.17) is 9.47 Å². The molecule has 0 amide bonds. The Morgan fingerprint density at radius 2 is 2.17 bits per heavy atom. The fourth-order valence-electron chi connectivity index (χ4n) is 1.60. The van der Waals surface area contributed by atoms with Crippen LogP contribution < -0.4 is 5.32 Å². The highest BCUT2D eigenvalue weighted by Gasteiger charge is 2.05. The van der Waals surface area contributed by atoms with Gasteiger partial charge in [0.2, 0.25) is 0 Å². The molecule has 0 aliphatic carbocycles. The lowest BCUT2D eigenvalue weighted by Gasteiger charge is -2.06. The van der Waals surface area contributed by atoms with Crippen molar-refractivity contribution >= 4 is 27.4 Å². The van der Waals surface area contributed by atoms with Crippen LogP contribution in [0.15, 0.2) is 12.4 Å². The molecule has 2 rings (SSSR count). The summed E-state index contributed by atoms with van der Waals surface area (Å²) in [4.78, 5) is 10.8. The fraction of sp³-hybridized carbons (Fsp3) is 0.500. The molecule has 18 heavy (non-hydrogen) atoms. The van der Waals surface area contributed by atoms with E-state index in [2.05, 4.69) is 28.3 Å². The molecule has 0 saturated heterocycles. The van der Waals surface area contributed by atoms with E-state index >= 15 is 0 Å². The highest BCUT2D eigenvalue weighted by atomic mass is 32.1. The van der Waals surface area contributed by atoms with E-state index in [1.807, 2.05) is 0 Å². The third-order valence-electron chi connectivity index (χ3n) is 2.42. The zero-order valence-electron chi connectivity index (χ0n) is 10.6. The van der Waals surface area contributed by atoms with Crippen molar-refractivity contribution in [3.05, 3.63) is 17.3 Å². The van der Waals surface area contributed by atoms with Crippen LogP contribution in [0.1, 0.15) is 4.88 Å². The molecule has 0 unspecified atom stereocenters. The third kappa shape index (κ3) is 3.38. The highest BCUT2D eigenvalue weighted by Crippen LogP contribution is 2.27. The number of methoxy groups -OCH3 is 1. The number of aromatic nitrogens is 2. The molecule has 0 aromatic carbocycles. The Hall–Kier alpha value is -1.24. The molecule has 5 nitrogen and oxygen atoms in total. The van der Waals surface area contributed by atoms with Crippen molar-refractivity contribution in [2.24, 2.45) is 0 Å². The van der Waals surface area contributed by atoms with Gasteiger partial charge in [-0.2, -0.15) is 0 Å². The Kier molecular flexibility index (Phi) is 4.86. The Balaban J connectivity index is 1.87. The maximum Gasteiger partial charge on any atom is 0.138 e. The van der Waals surface area contributed by atoms with Gasteiger partial charge in [-0.1, -0.05) is 0 Å². The van der Waals surface area contributed by atoms with Crippen LogP contribution in [0.5, 0.6) is 0 Å². The first-order valence-corrected chi connectivity index (χ1v) is 6.64. The van der Waals surface area contributed by atoms with E-state index in [1.54, 1.807) is 24.8 Å². The summed E-state index contributed by atoms with van der Waals surface area (Å²) in [6, 6.07) is 2.11. The molecule has 0 aliphatic rings. The van der Waals surface area contributed by atoms with E-state index < -0.39 is 0 Å². The molecule has 0 spiro atoms. The predicted octanol–water partition coefficient (Wildman–Crippen LogP) is 2.07. The SMILES string of the molecule is COCCOCCNc1ncnc2sc(C)cc12. The fourth-order valence-corrected chi connectivity index (χ4v) is 2.45. The number of thiophene rings is 1. The number of nitrogens with one attached hydrogen (secondary N) is 1. The minimum absolute atomic E-state index is 0.620. The van der Waals surface area contributed by atoms with Gasteiger partial charge in [0.15, 0.2) is 0 Å². The molecule has 2 aromatic rings. The van der Waals surface area contributed by atoms with E-state index in [9.17, 15) is 0 Å². The van der Waals surface area contributed by atoms with Crippen LogP contribution in [-0.4, -0.2) is 43.4 Å². The van der Waals surface area contributed by atoms with Gasteiger partial charge < -0.3 is 14.8 Å². The average molecular weight is 267 g/mol. The van der Waals surface area contributed by atoms with Crippen molar-refractivity contribution in [1.82, 2.24) is 9.97 Å². The van der Waals surface area contributed by atoms with Gasteiger partial charge in [-0.25, -0.2) is 9.97 Å². The minimum atomic E-state index is 0.620. The number of anilines is 1. The Bertz CT molecular complexity index is 501. The Morgan fingerprint density at radius 3 is 3.00 bits per heavy atom. The van der Waals surface area contributed by atoms with Crippen molar-refractivity contribution in [3.63, 3.8) is 0 Å². The largest absolute Gasteiger partial charge is 0.382 e. The second-order valence-corrected chi connectivity index (χ2v) is 5.06. The number of aryl methyl sites for hydroxylation is 1. The molecule has 98 valence electrons. The number of nitrogens with zero attached hydrogens (tertiary/aromatic N) is 2. The minimum Gasteiger partial charge on any atom is -0.382 e. The molecule has 0 radical (unpaired) electrons. The summed E-state index contributed by atoms with van der Waals surface area (Å²) in [5.41, 5.74) is 0. The molecule has 2 heterocycles. The number of fused-ring (bicyclic) bond motifs is 1. The van der Waals surface area contributed by atoms with Gasteiger partial charge in [-0.3, -0.25) is 0 Å². The summed E-state index contributed by atoms with van der Waals surface area (Å²) >= 11 is 1.68. The zero-order valence-corrected chi connectivity index (χ0v) is 11.4. The lowest BCUT2D eigenvalue weighted by molar-refractivity contribution is 0.0759. The summed E-state index contributed by atoms with van der Waals surface area (Å²) in [5, 5.41) is 4.35. The monoisotopic (exact) mass is 267 g/mol.